The summed E-state index contributed by atoms with van der Waals surface area (Å²) in [4.78, 5) is 0. The molecule has 2 aromatic rings. The summed E-state index contributed by atoms with van der Waals surface area (Å²) in [6.45, 7) is 4.20. The van der Waals surface area contributed by atoms with E-state index in [0.29, 0.717) is 0 Å². The van der Waals surface area contributed by atoms with Crippen LogP contribution in [0.5, 0.6) is 0 Å². The summed E-state index contributed by atoms with van der Waals surface area (Å²) in [6, 6.07) is 10.6. The normalized spacial score (nSPS) is 12.6. The molecule has 1 aromatic heterocycles. The molecule has 1 atom stereocenters. The zero-order valence-electron chi connectivity index (χ0n) is 10.4. The van der Waals surface area contributed by atoms with Gasteiger partial charge in [0.15, 0.2) is 0 Å². The smallest absolute Gasteiger partial charge is 0.108 e. The molecule has 0 fully saturated rings. The molecule has 2 N–H and O–H groups in total. The molecule has 2 nitrogen and oxygen atoms in total. The van der Waals surface area contributed by atoms with Gasteiger partial charge in [-0.1, -0.05) is 18.2 Å². The summed E-state index contributed by atoms with van der Waals surface area (Å²) < 4.78 is 5.39. The second-order valence-electron chi connectivity index (χ2n) is 4.64. The fraction of sp³-hybridized carbons (Fsp3) is 0.333. The highest BCUT2D eigenvalue weighted by molar-refractivity contribution is 5.36. The van der Waals surface area contributed by atoms with Gasteiger partial charge in [0, 0.05) is 12.5 Å². The average Bonchev–Trinajstić information content (AvgIpc) is 2.76. The van der Waals surface area contributed by atoms with E-state index in [9.17, 15) is 0 Å². The van der Waals surface area contributed by atoms with E-state index in [1.807, 2.05) is 19.1 Å². The molecular weight excluding hydrogens is 210 g/mol. The second kappa shape index (κ2) is 5.19. The molecule has 1 unspecified atom stereocenters. The largest absolute Gasteiger partial charge is 0.469 e. The highest BCUT2D eigenvalue weighted by Gasteiger charge is 2.07. The molecule has 2 heteroatoms. The van der Waals surface area contributed by atoms with Gasteiger partial charge in [0.1, 0.15) is 5.76 Å². The maximum absolute atomic E-state index is 5.86. The fourth-order valence-electron chi connectivity index (χ4n) is 2.10. The lowest BCUT2D eigenvalue weighted by Crippen LogP contribution is -2.18. The van der Waals surface area contributed by atoms with Gasteiger partial charge in [-0.05, 0) is 49.1 Å². The molecule has 1 heterocycles. The van der Waals surface area contributed by atoms with E-state index in [4.69, 9.17) is 10.2 Å². The molecule has 17 heavy (non-hydrogen) atoms. The van der Waals surface area contributed by atoms with E-state index >= 15 is 0 Å². The fourth-order valence-corrected chi connectivity index (χ4v) is 2.10. The lowest BCUT2D eigenvalue weighted by atomic mass is 9.95. The molecular formula is C15H19NO. The molecule has 0 aliphatic carbocycles. The summed E-state index contributed by atoms with van der Waals surface area (Å²) in [7, 11) is 0. The van der Waals surface area contributed by atoms with E-state index in [1.165, 1.54) is 16.7 Å². The lowest BCUT2D eigenvalue weighted by Gasteiger charge is -2.12. The van der Waals surface area contributed by atoms with E-state index < -0.39 is 0 Å². The zero-order valence-corrected chi connectivity index (χ0v) is 10.4. The summed E-state index contributed by atoms with van der Waals surface area (Å²) in [5.74, 6) is 1.01. The van der Waals surface area contributed by atoms with Gasteiger partial charge in [0.2, 0.25) is 0 Å². The Morgan fingerprint density at radius 3 is 2.59 bits per heavy atom. The first-order valence-corrected chi connectivity index (χ1v) is 6.02. The first-order chi connectivity index (χ1) is 8.16. The zero-order chi connectivity index (χ0) is 12.3. The van der Waals surface area contributed by atoms with Crippen molar-refractivity contribution in [2.75, 3.05) is 0 Å². The van der Waals surface area contributed by atoms with Crippen LogP contribution in [0, 0.1) is 6.92 Å². The maximum Gasteiger partial charge on any atom is 0.108 e. The molecule has 1 aromatic carbocycles. The van der Waals surface area contributed by atoms with Crippen molar-refractivity contribution in [2.45, 2.75) is 32.7 Å². The Balaban J connectivity index is 2.23. The van der Waals surface area contributed by atoms with Crippen LogP contribution in [0.1, 0.15) is 29.4 Å². The van der Waals surface area contributed by atoms with Crippen molar-refractivity contribution < 1.29 is 4.42 Å². The van der Waals surface area contributed by atoms with Crippen LogP contribution >= 0.6 is 0 Å². The Hall–Kier alpha value is -1.54. The van der Waals surface area contributed by atoms with Crippen LogP contribution < -0.4 is 5.73 Å². The molecule has 0 bridgehead atoms. The SMILES string of the molecule is Cc1c(Cc2ccco2)cccc1CC(C)N. The number of rotatable bonds is 4. The first-order valence-electron chi connectivity index (χ1n) is 6.02. The van der Waals surface area contributed by atoms with Crippen LogP contribution in [0.3, 0.4) is 0 Å². The average molecular weight is 229 g/mol. The van der Waals surface area contributed by atoms with Crippen molar-refractivity contribution in [3.63, 3.8) is 0 Å². The van der Waals surface area contributed by atoms with Gasteiger partial charge in [-0.25, -0.2) is 0 Å². The standard InChI is InChI=1S/C15H19NO/c1-11(16)9-13-5-3-6-14(12(13)2)10-15-7-4-8-17-15/h3-8,11H,9-10,16H2,1-2H3. The topological polar surface area (TPSA) is 39.2 Å². The molecule has 90 valence electrons. The van der Waals surface area contributed by atoms with E-state index in [-0.39, 0.29) is 6.04 Å². The minimum absolute atomic E-state index is 0.201. The van der Waals surface area contributed by atoms with E-state index in [0.717, 1.165) is 18.6 Å². The summed E-state index contributed by atoms with van der Waals surface area (Å²) in [6.07, 6.45) is 3.50. The van der Waals surface area contributed by atoms with Crippen LogP contribution in [-0.4, -0.2) is 6.04 Å². The van der Waals surface area contributed by atoms with Gasteiger partial charge in [0.25, 0.3) is 0 Å². The van der Waals surface area contributed by atoms with Gasteiger partial charge >= 0.3 is 0 Å². The third-order valence-corrected chi connectivity index (χ3v) is 3.04. The van der Waals surface area contributed by atoms with Crippen LogP contribution in [0.2, 0.25) is 0 Å². The van der Waals surface area contributed by atoms with Crippen molar-refractivity contribution in [2.24, 2.45) is 5.73 Å². The number of nitrogens with two attached hydrogens (primary N) is 1. The second-order valence-corrected chi connectivity index (χ2v) is 4.64. The van der Waals surface area contributed by atoms with E-state index in [1.54, 1.807) is 6.26 Å². The molecule has 0 spiro atoms. The highest BCUT2D eigenvalue weighted by Crippen LogP contribution is 2.18. The monoisotopic (exact) mass is 229 g/mol. The van der Waals surface area contributed by atoms with Crippen LogP contribution in [0.25, 0.3) is 0 Å². The third kappa shape index (κ3) is 2.98. The number of furan rings is 1. The van der Waals surface area contributed by atoms with Crippen molar-refractivity contribution in [3.8, 4) is 0 Å². The van der Waals surface area contributed by atoms with Gasteiger partial charge in [-0.3, -0.25) is 0 Å². The maximum atomic E-state index is 5.86. The van der Waals surface area contributed by atoms with Crippen molar-refractivity contribution >= 4 is 0 Å². The Bertz CT molecular complexity index is 472. The Morgan fingerprint density at radius 1 is 1.18 bits per heavy atom. The number of hydrogen-bond donors (Lipinski definition) is 1. The molecule has 0 aliphatic heterocycles. The Morgan fingerprint density at radius 2 is 1.94 bits per heavy atom. The lowest BCUT2D eigenvalue weighted by molar-refractivity contribution is 0.520. The molecule has 2 rings (SSSR count). The predicted octanol–water partition coefficient (Wildman–Crippen LogP) is 3.07. The number of hydrogen-bond acceptors (Lipinski definition) is 2. The van der Waals surface area contributed by atoms with E-state index in [2.05, 4.69) is 25.1 Å². The highest BCUT2D eigenvalue weighted by atomic mass is 16.3. The third-order valence-electron chi connectivity index (χ3n) is 3.04. The molecule has 0 saturated carbocycles. The van der Waals surface area contributed by atoms with Crippen molar-refractivity contribution in [1.82, 2.24) is 0 Å². The molecule has 0 aliphatic rings. The Kier molecular flexibility index (Phi) is 3.64. The Labute approximate surface area is 102 Å². The van der Waals surface area contributed by atoms with Crippen molar-refractivity contribution in [3.05, 3.63) is 59.0 Å². The molecule has 0 saturated heterocycles. The first kappa shape index (κ1) is 11.9. The van der Waals surface area contributed by atoms with Crippen LogP contribution in [-0.2, 0) is 12.8 Å². The summed E-state index contributed by atoms with van der Waals surface area (Å²) in [5.41, 5.74) is 9.85. The minimum Gasteiger partial charge on any atom is -0.469 e. The van der Waals surface area contributed by atoms with Crippen LogP contribution in [0.4, 0.5) is 0 Å². The minimum atomic E-state index is 0.201. The summed E-state index contributed by atoms with van der Waals surface area (Å²) >= 11 is 0. The van der Waals surface area contributed by atoms with Gasteiger partial charge < -0.3 is 10.2 Å². The number of benzene rings is 1. The van der Waals surface area contributed by atoms with Gasteiger partial charge in [-0.2, -0.15) is 0 Å². The quantitative estimate of drug-likeness (QED) is 0.875. The van der Waals surface area contributed by atoms with Gasteiger partial charge in [0.05, 0.1) is 6.26 Å². The predicted molar refractivity (Wildman–Crippen MR) is 70.0 cm³/mol. The summed E-state index contributed by atoms with van der Waals surface area (Å²) in [5, 5.41) is 0. The molecule has 0 amide bonds. The van der Waals surface area contributed by atoms with Gasteiger partial charge in [-0.15, -0.1) is 0 Å². The van der Waals surface area contributed by atoms with Crippen LogP contribution in [0.15, 0.2) is 41.0 Å². The molecule has 0 radical (unpaired) electrons. The van der Waals surface area contributed by atoms with Crippen molar-refractivity contribution in [1.29, 1.82) is 0 Å².